The summed E-state index contributed by atoms with van der Waals surface area (Å²) in [4.78, 5) is 10.3. The molecule has 0 atom stereocenters. The standard InChI is InChI=1S/C17H16O5S/c1-21-17-12-14(8-5-11-18)9-10-16(17)22-23(19,20)13-15-6-3-2-4-7-15/h2-12H,13H2,1H3. The average Bonchev–Trinajstić information content (AvgIpc) is 2.54. The van der Waals surface area contributed by atoms with Crippen molar-refractivity contribution in [1.29, 1.82) is 0 Å². The number of aldehydes is 1. The van der Waals surface area contributed by atoms with Gasteiger partial charge in [0.1, 0.15) is 12.0 Å². The number of allylic oxidation sites excluding steroid dienone is 1. The number of hydrogen-bond acceptors (Lipinski definition) is 5. The fourth-order valence-electron chi connectivity index (χ4n) is 1.95. The van der Waals surface area contributed by atoms with E-state index in [4.69, 9.17) is 8.92 Å². The van der Waals surface area contributed by atoms with E-state index in [1.54, 1.807) is 42.5 Å². The number of rotatable bonds is 7. The van der Waals surface area contributed by atoms with Gasteiger partial charge < -0.3 is 8.92 Å². The fraction of sp³-hybridized carbons (Fsp3) is 0.118. The second kappa shape index (κ2) is 7.60. The van der Waals surface area contributed by atoms with Crippen LogP contribution in [0.5, 0.6) is 11.5 Å². The minimum absolute atomic E-state index is 0.103. The largest absolute Gasteiger partial charge is 0.493 e. The van der Waals surface area contributed by atoms with Crippen LogP contribution in [0, 0.1) is 0 Å². The van der Waals surface area contributed by atoms with Gasteiger partial charge in [0.05, 0.1) is 7.11 Å². The molecule has 2 aromatic rings. The molecule has 0 saturated carbocycles. The van der Waals surface area contributed by atoms with Gasteiger partial charge in [0, 0.05) is 0 Å². The zero-order chi connectivity index (χ0) is 16.7. The van der Waals surface area contributed by atoms with E-state index in [1.807, 2.05) is 6.07 Å². The van der Waals surface area contributed by atoms with Crippen molar-refractivity contribution < 1.29 is 22.1 Å². The lowest BCUT2D eigenvalue weighted by Crippen LogP contribution is -2.12. The van der Waals surface area contributed by atoms with Crippen LogP contribution in [0.3, 0.4) is 0 Å². The van der Waals surface area contributed by atoms with E-state index in [0.717, 1.165) is 0 Å². The molecule has 0 saturated heterocycles. The smallest absolute Gasteiger partial charge is 0.313 e. The Labute approximate surface area is 135 Å². The first-order chi connectivity index (χ1) is 11.0. The van der Waals surface area contributed by atoms with Crippen molar-refractivity contribution in [3.8, 4) is 11.5 Å². The monoisotopic (exact) mass is 332 g/mol. The highest BCUT2D eigenvalue weighted by molar-refractivity contribution is 7.86. The minimum atomic E-state index is -3.80. The second-order valence-electron chi connectivity index (χ2n) is 4.68. The van der Waals surface area contributed by atoms with Gasteiger partial charge in [0.15, 0.2) is 11.5 Å². The lowest BCUT2D eigenvalue weighted by atomic mass is 10.2. The highest BCUT2D eigenvalue weighted by atomic mass is 32.2. The van der Waals surface area contributed by atoms with E-state index in [2.05, 4.69) is 0 Å². The minimum Gasteiger partial charge on any atom is -0.493 e. The van der Waals surface area contributed by atoms with Gasteiger partial charge >= 0.3 is 10.1 Å². The van der Waals surface area contributed by atoms with Crippen LogP contribution in [-0.4, -0.2) is 21.8 Å². The molecule has 0 aliphatic heterocycles. The summed E-state index contributed by atoms with van der Waals surface area (Å²) >= 11 is 0. The van der Waals surface area contributed by atoms with Crippen molar-refractivity contribution in [3.05, 3.63) is 65.7 Å². The van der Waals surface area contributed by atoms with Gasteiger partial charge in [-0.25, -0.2) is 0 Å². The third-order valence-electron chi connectivity index (χ3n) is 2.96. The molecule has 2 rings (SSSR count). The Bertz CT molecular complexity index is 795. The molecule has 120 valence electrons. The van der Waals surface area contributed by atoms with Crippen LogP contribution in [0.25, 0.3) is 6.08 Å². The molecule has 0 N–H and O–H groups in total. The fourth-order valence-corrected chi connectivity index (χ4v) is 3.02. The first kappa shape index (κ1) is 16.8. The summed E-state index contributed by atoms with van der Waals surface area (Å²) < 4.78 is 34.6. The summed E-state index contributed by atoms with van der Waals surface area (Å²) in [5.41, 5.74) is 1.33. The van der Waals surface area contributed by atoms with Crippen molar-refractivity contribution in [3.63, 3.8) is 0 Å². The van der Waals surface area contributed by atoms with Crippen LogP contribution in [-0.2, 0) is 20.7 Å². The quantitative estimate of drug-likeness (QED) is 0.443. The Hall–Kier alpha value is -2.60. The second-order valence-corrected chi connectivity index (χ2v) is 6.25. The molecule has 0 spiro atoms. The summed E-state index contributed by atoms with van der Waals surface area (Å²) in [6.07, 6.45) is 3.57. The van der Waals surface area contributed by atoms with Gasteiger partial charge in [-0.05, 0) is 29.3 Å². The van der Waals surface area contributed by atoms with Crippen LogP contribution in [0.1, 0.15) is 11.1 Å². The number of benzene rings is 2. The summed E-state index contributed by atoms with van der Waals surface area (Å²) in [5.74, 6) is 0.144. The van der Waals surface area contributed by atoms with Gasteiger partial charge in [-0.3, -0.25) is 4.79 Å². The first-order valence-electron chi connectivity index (χ1n) is 6.80. The van der Waals surface area contributed by atoms with Crippen LogP contribution < -0.4 is 8.92 Å². The highest BCUT2D eigenvalue weighted by Gasteiger charge is 2.17. The molecule has 2 aromatic carbocycles. The van der Waals surface area contributed by atoms with Crippen LogP contribution >= 0.6 is 0 Å². The predicted molar refractivity (Wildman–Crippen MR) is 87.8 cm³/mol. The summed E-state index contributed by atoms with van der Waals surface area (Å²) in [7, 11) is -2.39. The molecule has 0 fully saturated rings. The number of hydrogen-bond donors (Lipinski definition) is 0. The molecule has 0 heterocycles. The molecule has 0 bridgehead atoms. The molecule has 0 amide bonds. The summed E-state index contributed by atoms with van der Waals surface area (Å²) in [6, 6.07) is 13.5. The third kappa shape index (κ3) is 4.96. The molecule has 23 heavy (non-hydrogen) atoms. The van der Waals surface area contributed by atoms with Crippen molar-refractivity contribution >= 4 is 22.5 Å². The first-order valence-corrected chi connectivity index (χ1v) is 8.38. The molecular formula is C17H16O5S. The van der Waals surface area contributed by atoms with E-state index >= 15 is 0 Å². The molecule has 0 unspecified atom stereocenters. The van der Waals surface area contributed by atoms with E-state index in [-0.39, 0.29) is 17.3 Å². The van der Waals surface area contributed by atoms with Gasteiger partial charge in [-0.15, -0.1) is 0 Å². The number of ether oxygens (including phenoxy) is 1. The van der Waals surface area contributed by atoms with Crippen LogP contribution in [0.15, 0.2) is 54.6 Å². The maximum absolute atomic E-state index is 12.2. The maximum atomic E-state index is 12.2. The van der Waals surface area contributed by atoms with Crippen LogP contribution in [0.4, 0.5) is 0 Å². The summed E-state index contributed by atoms with van der Waals surface area (Å²) in [5, 5.41) is 0. The Morgan fingerprint density at radius 2 is 1.78 bits per heavy atom. The molecule has 0 radical (unpaired) electrons. The topological polar surface area (TPSA) is 69.7 Å². The molecular weight excluding hydrogens is 316 g/mol. The van der Waals surface area contributed by atoms with Crippen molar-refractivity contribution in [2.24, 2.45) is 0 Å². The predicted octanol–water partition coefficient (Wildman–Crippen LogP) is 2.82. The SMILES string of the molecule is COc1cc(C=CC=O)ccc1OS(=O)(=O)Cc1ccccc1. The van der Waals surface area contributed by atoms with Gasteiger partial charge in [-0.1, -0.05) is 42.5 Å². The van der Waals surface area contributed by atoms with E-state index in [0.29, 0.717) is 17.4 Å². The molecule has 0 aliphatic carbocycles. The zero-order valence-electron chi connectivity index (χ0n) is 12.5. The van der Waals surface area contributed by atoms with E-state index < -0.39 is 10.1 Å². The Morgan fingerprint density at radius 1 is 1.04 bits per heavy atom. The van der Waals surface area contributed by atoms with E-state index in [1.165, 1.54) is 19.3 Å². The molecule has 0 aliphatic rings. The molecule has 5 nitrogen and oxygen atoms in total. The number of carbonyl (C=O) groups is 1. The zero-order valence-corrected chi connectivity index (χ0v) is 13.3. The molecule has 6 heteroatoms. The Morgan fingerprint density at radius 3 is 2.43 bits per heavy atom. The number of carbonyl (C=O) groups excluding carboxylic acids is 1. The Kier molecular flexibility index (Phi) is 5.54. The van der Waals surface area contributed by atoms with Crippen molar-refractivity contribution in [1.82, 2.24) is 0 Å². The average molecular weight is 332 g/mol. The van der Waals surface area contributed by atoms with Gasteiger partial charge in [0.25, 0.3) is 0 Å². The van der Waals surface area contributed by atoms with Gasteiger partial charge in [0.2, 0.25) is 0 Å². The maximum Gasteiger partial charge on any atom is 0.313 e. The lowest BCUT2D eigenvalue weighted by Gasteiger charge is -2.11. The number of methoxy groups -OCH3 is 1. The van der Waals surface area contributed by atoms with Crippen molar-refractivity contribution in [2.75, 3.05) is 7.11 Å². The molecule has 0 aromatic heterocycles. The third-order valence-corrected chi connectivity index (χ3v) is 4.08. The van der Waals surface area contributed by atoms with Gasteiger partial charge in [-0.2, -0.15) is 8.42 Å². The normalized spacial score (nSPS) is 11.3. The van der Waals surface area contributed by atoms with Crippen molar-refractivity contribution in [2.45, 2.75) is 5.75 Å². The van der Waals surface area contributed by atoms with E-state index in [9.17, 15) is 13.2 Å². The summed E-state index contributed by atoms with van der Waals surface area (Å²) in [6.45, 7) is 0. The van der Waals surface area contributed by atoms with Crippen LogP contribution in [0.2, 0.25) is 0 Å². The Balaban J connectivity index is 2.21. The highest BCUT2D eigenvalue weighted by Crippen LogP contribution is 2.30. The lowest BCUT2D eigenvalue weighted by molar-refractivity contribution is -0.104.